The van der Waals surface area contributed by atoms with Gasteiger partial charge in [-0.2, -0.15) is 5.26 Å². The Bertz CT molecular complexity index is 513. The van der Waals surface area contributed by atoms with Crippen LogP contribution in [0.15, 0.2) is 0 Å². The van der Waals surface area contributed by atoms with Gasteiger partial charge in [0.05, 0.1) is 11.3 Å². The number of nitrogen functional groups attached to an aromatic ring is 1. The monoisotopic (exact) mass is 264 g/mol. The van der Waals surface area contributed by atoms with Crippen LogP contribution in [0.2, 0.25) is 0 Å². The Labute approximate surface area is 110 Å². The number of nitrogens with two attached hydrogens (primary N) is 2. The van der Waals surface area contributed by atoms with Gasteiger partial charge in [-0.25, -0.2) is 0 Å². The molecule has 1 aromatic heterocycles. The first-order valence-corrected chi connectivity index (χ1v) is 6.69. The van der Waals surface area contributed by atoms with Crippen LogP contribution in [0.3, 0.4) is 0 Å². The van der Waals surface area contributed by atoms with Gasteiger partial charge in [0.1, 0.15) is 15.9 Å². The van der Waals surface area contributed by atoms with E-state index in [4.69, 9.17) is 16.7 Å². The van der Waals surface area contributed by atoms with Crippen LogP contribution in [0.4, 0.5) is 10.7 Å². The fraction of sp³-hybridized carbons (Fsp3) is 0.500. The Morgan fingerprint density at radius 3 is 2.72 bits per heavy atom. The number of anilines is 2. The van der Waals surface area contributed by atoms with Gasteiger partial charge in [-0.15, -0.1) is 11.3 Å². The molecule has 1 fully saturated rings. The van der Waals surface area contributed by atoms with E-state index in [1.54, 1.807) is 0 Å². The lowest BCUT2D eigenvalue weighted by molar-refractivity contribution is 0.100. The van der Waals surface area contributed by atoms with Crippen molar-refractivity contribution < 1.29 is 4.79 Å². The topological polar surface area (TPSA) is 96.1 Å². The van der Waals surface area contributed by atoms with E-state index < -0.39 is 5.91 Å². The lowest BCUT2D eigenvalue weighted by atomic mass is 9.85. The van der Waals surface area contributed by atoms with Gasteiger partial charge in [-0.3, -0.25) is 4.79 Å². The van der Waals surface area contributed by atoms with Gasteiger partial charge >= 0.3 is 0 Å². The molecule has 1 aromatic rings. The van der Waals surface area contributed by atoms with Crippen molar-refractivity contribution >= 4 is 27.9 Å². The third kappa shape index (κ3) is 2.14. The average molecular weight is 264 g/mol. The zero-order valence-corrected chi connectivity index (χ0v) is 11.1. The summed E-state index contributed by atoms with van der Waals surface area (Å²) >= 11 is 1.24. The maximum Gasteiger partial charge on any atom is 0.253 e. The standard InChI is InChI=1S/C12H16N4OS/c1-16(6-7-3-2-4-7)12-9(11(15)17)10(14)8(5-13)18-12/h7H,2-4,6,14H2,1H3,(H2,15,17). The van der Waals surface area contributed by atoms with Gasteiger partial charge in [0.2, 0.25) is 0 Å². The molecule has 0 radical (unpaired) electrons. The highest BCUT2D eigenvalue weighted by Crippen LogP contribution is 2.38. The van der Waals surface area contributed by atoms with Crippen LogP contribution >= 0.6 is 11.3 Å². The predicted molar refractivity (Wildman–Crippen MR) is 72.6 cm³/mol. The summed E-state index contributed by atoms with van der Waals surface area (Å²) in [5.41, 5.74) is 11.6. The van der Waals surface area contributed by atoms with Crippen LogP contribution in [0, 0.1) is 17.2 Å². The summed E-state index contributed by atoms with van der Waals surface area (Å²) in [5.74, 6) is 0.102. The maximum absolute atomic E-state index is 11.5. The first-order chi connectivity index (χ1) is 8.54. The highest BCUT2D eigenvalue weighted by atomic mass is 32.1. The van der Waals surface area contributed by atoms with Crippen LogP contribution in [0.25, 0.3) is 0 Å². The molecule has 0 saturated heterocycles. The van der Waals surface area contributed by atoms with Crippen molar-refractivity contribution in [2.75, 3.05) is 24.2 Å². The highest BCUT2D eigenvalue weighted by Gasteiger charge is 2.25. The van der Waals surface area contributed by atoms with Gasteiger partial charge < -0.3 is 16.4 Å². The van der Waals surface area contributed by atoms with Gasteiger partial charge in [0.25, 0.3) is 5.91 Å². The zero-order chi connectivity index (χ0) is 13.3. The molecule has 0 bridgehead atoms. The number of nitriles is 1. The van der Waals surface area contributed by atoms with E-state index in [-0.39, 0.29) is 5.69 Å². The molecule has 2 rings (SSSR count). The number of nitrogens with zero attached hydrogens (tertiary/aromatic N) is 2. The zero-order valence-electron chi connectivity index (χ0n) is 10.3. The Balaban J connectivity index is 2.30. The lowest BCUT2D eigenvalue weighted by Gasteiger charge is -2.30. The molecule has 5 nitrogen and oxygen atoms in total. The Kier molecular flexibility index (Phi) is 3.43. The number of thiophene rings is 1. The van der Waals surface area contributed by atoms with Gasteiger partial charge in [0.15, 0.2) is 0 Å². The smallest absolute Gasteiger partial charge is 0.253 e. The van der Waals surface area contributed by atoms with Crippen molar-refractivity contribution in [3.63, 3.8) is 0 Å². The summed E-state index contributed by atoms with van der Waals surface area (Å²) in [7, 11) is 1.91. The summed E-state index contributed by atoms with van der Waals surface area (Å²) in [6.45, 7) is 0.880. The molecule has 1 heterocycles. The molecule has 1 aliphatic carbocycles. The van der Waals surface area contributed by atoms with Gasteiger partial charge in [-0.05, 0) is 18.8 Å². The molecule has 0 aliphatic heterocycles. The second-order valence-electron chi connectivity index (χ2n) is 4.68. The van der Waals surface area contributed by atoms with E-state index in [1.807, 2.05) is 18.0 Å². The molecule has 0 unspecified atom stereocenters. The molecular weight excluding hydrogens is 248 g/mol. The number of rotatable bonds is 4. The molecule has 0 aromatic carbocycles. The first kappa shape index (κ1) is 12.7. The molecule has 0 atom stereocenters. The van der Waals surface area contributed by atoms with Crippen molar-refractivity contribution in [3.05, 3.63) is 10.4 Å². The predicted octanol–water partition coefficient (Wildman–Crippen LogP) is 1.54. The molecule has 1 amide bonds. The van der Waals surface area contributed by atoms with Crippen molar-refractivity contribution in [3.8, 4) is 6.07 Å². The number of amides is 1. The van der Waals surface area contributed by atoms with E-state index >= 15 is 0 Å². The van der Waals surface area contributed by atoms with E-state index in [2.05, 4.69) is 0 Å². The van der Waals surface area contributed by atoms with E-state index in [9.17, 15) is 4.79 Å². The van der Waals surface area contributed by atoms with Crippen molar-refractivity contribution in [2.45, 2.75) is 19.3 Å². The summed E-state index contributed by atoms with van der Waals surface area (Å²) in [5, 5.41) is 9.68. The average Bonchev–Trinajstić information content (AvgIpc) is 2.60. The molecule has 18 heavy (non-hydrogen) atoms. The lowest BCUT2D eigenvalue weighted by Crippen LogP contribution is -2.30. The molecule has 1 saturated carbocycles. The second kappa shape index (κ2) is 4.86. The minimum Gasteiger partial charge on any atom is -0.396 e. The normalized spacial score (nSPS) is 14.9. The maximum atomic E-state index is 11.5. The van der Waals surface area contributed by atoms with Crippen LogP contribution in [0.5, 0.6) is 0 Å². The van der Waals surface area contributed by atoms with Crippen molar-refractivity contribution in [2.24, 2.45) is 11.7 Å². The minimum atomic E-state index is -0.569. The Hall–Kier alpha value is -1.74. The first-order valence-electron chi connectivity index (χ1n) is 5.88. The van der Waals surface area contributed by atoms with Crippen LogP contribution in [-0.2, 0) is 0 Å². The Morgan fingerprint density at radius 1 is 1.61 bits per heavy atom. The van der Waals surface area contributed by atoms with Crippen molar-refractivity contribution in [1.29, 1.82) is 5.26 Å². The second-order valence-corrected chi connectivity index (χ2v) is 5.68. The highest BCUT2D eigenvalue weighted by molar-refractivity contribution is 7.17. The quantitative estimate of drug-likeness (QED) is 0.862. The molecule has 0 spiro atoms. The number of primary amides is 1. The number of hydrogen-bond donors (Lipinski definition) is 2. The van der Waals surface area contributed by atoms with Gasteiger partial charge in [-0.1, -0.05) is 6.42 Å². The molecule has 96 valence electrons. The van der Waals surface area contributed by atoms with E-state index in [0.29, 0.717) is 21.4 Å². The molecule has 4 N–H and O–H groups in total. The summed E-state index contributed by atoms with van der Waals surface area (Å²) in [6, 6.07) is 2.01. The van der Waals surface area contributed by atoms with E-state index in [0.717, 1.165) is 6.54 Å². The number of carbonyl (C=O) groups is 1. The van der Waals surface area contributed by atoms with Crippen LogP contribution in [-0.4, -0.2) is 19.5 Å². The summed E-state index contributed by atoms with van der Waals surface area (Å²) in [4.78, 5) is 13.8. The third-order valence-electron chi connectivity index (χ3n) is 3.38. The molecule has 1 aliphatic rings. The summed E-state index contributed by atoms with van der Waals surface area (Å²) in [6.07, 6.45) is 3.72. The minimum absolute atomic E-state index is 0.213. The van der Waals surface area contributed by atoms with Crippen LogP contribution in [0.1, 0.15) is 34.5 Å². The van der Waals surface area contributed by atoms with Gasteiger partial charge in [0, 0.05) is 13.6 Å². The summed E-state index contributed by atoms with van der Waals surface area (Å²) < 4.78 is 0. The molecular formula is C12H16N4OS. The third-order valence-corrected chi connectivity index (χ3v) is 4.60. The van der Waals surface area contributed by atoms with Crippen LogP contribution < -0.4 is 16.4 Å². The molecule has 6 heteroatoms. The fourth-order valence-corrected chi connectivity index (χ4v) is 3.16. The SMILES string of the molecule is CN(CC1CCC1)c1sc(C#N)c(N)c1C(N)=O. The number of hydrogen-bond acceptors (Lipinski definition) is 5. The largest absolute Gasteiger partial charge is 0.396 e. The van der Waals surface area contributed by atoms with E-state index in [1.165, 1.54) is 30.6 Å². The Morgan fingerprint density at radius 2 is 2.28 bits per heavy atom. The number of carbonyl (C=O) groups excluding carboxylic acids is 1. The fourth-order valence-electron chi connectivity index (χ4n) is 2.17. The van der Waals surface area contributed by atoms with Crippen molar-refractivity contribution in [1.82, 2.24) is 0 Å².